The predicted molar refractivity (Wildman–Crippen MR) is 54.8 cm³/mol. The summed E-state index contributed by atoms with van der Waals surface area (Å²) in [6, 6.07) is 0. The summed E-state index contributed by atoms with van der Waals surface area (Å²) in [5.74, 6) is -2.51. The summed E-state index contributed by atoms with van der Waals surface area (Å²) in [6.45, 7) is 4.74. The van der Waals surface area contributed by atoms with Gasteiger partial charge in [0.25, 0.3) is 0 Å². The number of hydrogen-bond donors (Lipinski definition) is 3. The second-order valence-electron chi connectivity index (χ2n) is 3.06. The third-order valence-electron chi connectivity index (χ3n) is 1.71. The van der Waals surface area contributed by atoms with Crippen LogP contribution in [0.3, 0.4) is 0 Å². The molecule has 0 radical (unpaired) electrons. The SMILES string of the molecule is CN1CCNCC1.O=C(O)/C=C\C(=O)O. The van der Waals surface area contributed by atoms with E-state index in [2.05, 4.69) is 17.3 Å². The van der Waals surface area contributed by atoms with Gasteiger partial charge in [0.05, 0.1) is 0 Å². The van der Waals surface area contributed by atoms with Crippen molar-refractivity contribution in [2.24, 2.45) is 0 Å². The molecule has 1 aliphatic heterocycles. The molecule has 6 nitrogen and oxygen atoms in total. The highest BCUT2D eigenvalue weighted by atomic mass is 16.4. The Kier molecular flexibility index (Phi) is 7.21. The van der Waals surface area contributed by atoms with E-state index < -0.39 is 11.9 Å². The van der Waals surface area contributed by atoms with Crippen LogP contribution in [-0.2, 0) is 9.59 Å². The van der Waals surface area contributed by atoms with Crippen molar-refractivity contribution in [1.29, 1.82) is 0 Å². The van der Waals surface area contributed by atoms with E-state index in [1.54, 1.807) is 0 Å². The molecule has 0 aromatic rings. The van der Waals surface area contributed by atoms with Gasteiger partial charge in [0.2, 0.25) is 0 Å². The van der Waals surface area contributed by atoms with Crippen LogP contribution in [0.4, 0.5) is 0 Å². The second kappa shape index (κ2) is 7.95. The van der Waals surface area contributed by atoms with Gasteiger partial charge in [-0.25, -0.2) is 9.59 Å². The number of rotatable bonds is 2. The molecule has 0 bridgehead atoms. The smallest absolute Gasteiger partial charge is 0.328 e. The van der Waals surface area contributed by atoms with Gasteiger partial charge in [-0.15, -0.1) is 0 Å². The van der Waals surface area contributed by atoms with Crippen molar-refractivity contribution >= 4 is 11.9 Å². The topological polar surface area (TPSA) is 89.9 Å². The van der Waals surface area contributed by atoms with Crippen LogP contribution in [-0.4, -0.2) is 60.3 Å². The number of nitrogens with zero attached hydrogens (tertiary/aromatic N) is 1. The van der Waals surface area contributed by atoms with E-state index in [1.165, 1.54) is 13.1 Å². The lowest BCUT2D eigenvalue weighted by atomic mass is 10.4. The molecule has 1 aliphatic rings. The van der Waals surface area contributed by atoms with Crippen LogP contribution in [0.5, 0.6) is 0 Å². The molecule has 0 unspecified atom stereocenters. The summed E-state index contributed by atoms with van der Waals surface area (Å²) in [4.78, 5) is 21.4. The van der Waals surface area contributed by atoms with E-state index >= 15 is 0 Å². The maximum Gasteiger partial charge on any atom is 0.328 e. The van der Waals surface area contributed by atoms with Crippen LogP contribution in [0.25, 0.3) is 0 Å². The highest BCUT2D eigenvalue weighted by Gasteiger charge is 2.01. The van der Waals surface area contributed by atoms with Crippen LogP contribution in [0, 0.1) is 0 Å². The van der Waals surface area contributed by atoms with E-state index in [-0.39, 0.29) is 0 Å². The van der Waals surface area contributed by atoms with Gasteiger partial charge in [0, 0.05) is 38.3 Å². The first kappa shape index (κ1) is 13.6. The van der Waals surface area contributed by atoms with E-state index in [9.17, 15) is 9.59 Å². The molecule has 6 heteroatoms. The number of likely N-dealkylation sites (N-methyl/N-ethyl adjacent to an activating group) is 1. The normalized spacial score (nSPS) is 16.9. The number of carbonyl (C=O) groups is 2. The third kappa shape index (κ3) is 10.5. The lowest BCUT2D eigenvalue weighted by Gasteiger charge is -2.21. The van der Waals surface area contributed by atoms with E-state index in [0.717, 1.165) is 13.1 Å². The largest absolute Gasteiger partial charge is 0.478 e. The van der Waals surface area contributed by atoms with Gasteiger partial charge >= 0.3 is 11.9 Å². The maximum atomic E-state index is 9.55. The lowest BCUT2D eigenvalue weighted by molar-refractivity contribution is -0.134. The first-order valence-electron chi connectivity index (χ1n) is 4.55. The molecule has 0 aromatic heterocycles. The molecular formula is C9H16N2O4. The van der Waals surface area contributed by atoms with Gasteiger partial charge in [0.1, 0.15) is 0 Å². The van der Waals surface area contributed by atoms with Crippen LogP contribution >= 0.6 is 0 Å². The Morgan fingerprint density at radius 2 is 1.53 bits per heavy atom. The van der Waals surface area contributed by atoms with Gasteiger partial charge in [0.15, 0.2) is 0 Å². The molecule has 86 valence electrons. The molecule has 0 spiro atoms. The zero-order chi connectivity index (χ0) is 11.7. The monoisotopic (exact) mass is 216 g/mol. The number of carboxylic acid groups (broad SMARTS) is 2. The quantitative estimate of drug-likeness (QED) is 0.525. The Hall–Kier alpha value is -1.40. The minimum absolute atomic E-state index is 0.558. The Bertz CT molecular complexity index is 218. The average molecular weight is 216 g/mol. The molecule has 1 heterocycles. The predicted octanol–water partition coefficient (Wildman–Crippen LogP) is -0.767. The van der Waals surface area contributed by atoms with E-state index in [0.29, 0.717) is 12.2 Å². The van der Waals surface area contributed by atoms with Gasteiger partial charge < -0.3 is 20.4 Å². The zero-order valence-corrected chi connectivity index (χ0v) is 8.64. The summed E-state index contributed by atoms with van der Waals surface area (Å²) < 4.78 is 0. The van der Waals surface area contributed by atoms with Crippen molar-refractivity contribution in [2.45, 2.75) is 0 Å². The fourth-order valence-corrected chi connectivity index (χ4v) is 0.919. The van der Waals surface area contributed by atoms with Crippen molar-refractivity contribution < 1.29 is 19.8 Å². The number of piperazine rings is 1. The van der Waals surface area contributed by atoms with Crippen molar-refractivity contribution in [3.05, 3.63) is 12.2 Å². The van der Waals surface area contributed by atoms with Gasteiger partial charge in [-0.3, -0.25) is 0 Å². The molecular weight excluding hydrogens is 200 g/mol. The Labute approximate surface area is 88.2 Å². The summed E-state index contributed by atoms with van der Waals surface area (Å²) in [5.41, 5.74) is 0. The minimum atomic E-state index is -1.26. The molecule has 3 N–H and O–H groups in total. The van der Waals surface area contributed by atoms with Crippen molar-refractivity contribution in [2.75, 3.05) is 33.2 Å². The molecule has 1 fully saturated rings. The third-order valence-corrected chi connectivity index (χ3v) is 1.71. The van der Waals surface area contributed by atoms with Crippen LogP contribution in [0.1, 0.15) is 0 Å². The molecule has 0 saturated carbocycles. The zero-order valence-electron chi connectivity index (χ0n) is 8.64. The highest BCUT2D eigenvalue weighted by Crippen LogP contribution is 1.83. The number of nitrogens with one attached hydrogen (secondary N) is 1. The molecule has 1 rings (SSSR count). The fraction of sp³-hybridized carbons (Fsp3) is 0.556. The highest BCUT2D eigenvalue weighted by molar-refractivity contribution is 5.89. The average Bonchev–Trinajstić information content (AvgIpc) is 2.17. The first-order valence-corrected chi connectivity index (χ1v) is 4.55. The first-order chi connectivity index (χ1) is 7.02. The van der Waals surface area contributed by atoms with Gasteiger partial charge in [-0.1, -0.05) is 0 Å². The molecule has 0 aromatic carbocycles. The van der Waals surface area contributed by atoms with Gasteiger partial charge in [-0.2, -0.15) is 0 Å². The molecule has 0 aliphatic carbocycles. The molecule has 0 atom stereocenters. The summed E-state index contributed by atoms with van der Waals surface area (Å²) in [5, 5.41) is 18.9. The standard InChI is InChI=1S/C5H12N2.C4H4O4/c1-7-4-2-6-3-5-7;5-3(6)1-2-4(7)8/h6H,2-5H2,1H3;1-2H,(H,5,6)(H,7,8)/b;2-1-. The summed E-state index contributed by atoms with van der Waals surface area (Å²) >= 11 is 0. The summed E-state index contributed by atoms with van der Waals surface area (Å²) in [6.07, 6.45) is 1.12. The minimum Gasteiger partial charge on any atom is -0.478 e. The van der Waals surface area contributed by atoms with E-state index in [4.69, 9.17) is 10.2 Å². The van der Waals surface area contributed by atoms with Crippen molar-refractivity contribution in [3.8, 4) is 0 Å². The lowest BCUT2D eigenvalue weighted by Crippen LogP contribution is -2.40. The maximum absolute atomic E-state index is 9.55. The van der Waals surface area contributed by atoms with Crippen LogP contribution in [0.15, 0.2) is 12.2 Å². The van der Waals surface area contributed by atoms with Crippen LogP contribution < -0.4 is 5.32 Å². The molecule has 1 saturated heterocycles. The van der Waals surface area contributed by atoms with Crippen molar-refractivity contribution in [3.63, 3.8) is 0 Å². The van der Waals surface area contributed by atoms with E-state index in [1.807, 2.05) is 0 Å². The fourth-order valence-electron chi connectivity index (χ4n) is 0.919. The Morgan fingerprint density at radius 1 is 1.13 bits per heavy atom. The number of aliphatic carboxylic acids is 2. The number of carboxylic acids is 2. The molecule has 0 amide bonds. The second-order valence-corrected chi connectivity index (χ2v) is 3.06. The Morgan fingerprint density at radius 3 is 1.73 bits per heavy atom. The van der Waals surface area contributed by atoms with Gasteiger partial charge in [-0.05, 0) is 7.05 Å². The molecule has 15 heavy (non-hydrogen) atoms. The number of hydrogen-bond acceptors (Lipinski definition) is 4. The van der Waals surface area contributed by atoms with Crippen LogP contribution in [0.2, 0.25) is 0 Å². The summed E-state index contributed by atoms with van der Waals surface area (Å²) in [7, 11) is 2.15. The Balaban J connectivity index is 0.000000262. The van der Waals surface area contributed by atoms with Crippen molar-refractivity contribution in [1.82, 2.24) is 10.2 Å².